The van der Waals surface area contributed by atoms with Crippen LogP contribution in [0.25, 0.3) is 45.6 Å². The molecule has 280 valence electrons. The minimum Gasteiger partial charge on any atom is -0.478 e. The SMILES string of the molecule is Cc1ccc(-c2nc(CI)c(-c3ccccc3)o2)cc1.Cc1ccc(-c2nc(COCCCOCc3cccc(C)c3C(=O)O)c(-c3ccccc3)o2)cc1. The molecule has 0 fully saturated rings. The molecule has 1 N–H and O–H groups in total. The van der Waals surface area contributed by atoms with E-state index in [0.29, 0.717) is 54.9 Å². The second-order valence-corrected chi connectivity index (χ2v) is 13.8. The average molecular weight is 847 g/mol. The van der Waals surface area contributed by atoms with Gasteiger partial charge in [-0.05, 0) is 62.6 Å². The second kappa shape index (κ2) is 19.3. The number of ether oxygens (including phenoxy) is 2. The summed E-state index contributed by atoms with van der Waals surface area (Å²) >= 11 is 2.32. The van der Waals surface area contributed by atoms with Crippen LogP contribution in [0.3, 0.4) is 0 Å². The largest absolute Gasteiger partial charge is 0.478 e. The molecule has 7 aromatic rings. The van der Waals surface area contributed by atoms with Gasteiger partial charge < -0.3 is 23.4 Å². The number of hydrogen-bond donors (Lipinski definition) is 1. The summed E-state index contributed by atoms with van der Waals surface area (Å²) in [5, 5.41) is 9.43. The highest BCUT2D eigenvalue weighted by Gasteiger charge is 2.18. The van der Waals surface area contributed by atoms with Crippen LogP contribution in [0.15, 0.2) is 136 Å². The van der Waals surface area contributed by atoms with Crippen molar-refractivity contribution in [2.45, 2.75) is 44.8 Å². The molecule has 5 aromatic carbocycles. The van der Waals surface area contributed by atoms with Gasteiger partial charge in [-0.2, -0.15) is 0 Å². The molecule has 55 heavy (non-hydrogen) atoms. The Kier molecular flexibility index (Phi) is 13.8. The number of halogens is 1. The van der Waals surface area contributed by atoms with Gasteiger partial charge in [-0.15, -0.1) is 0 Å². The zero-order valence-electron chi connectivity index (χ0n) is 31.1. The van der Waals surface area contributed by atoms with E-state index in [1.54, 1.807) is 19.1 Å². The summed E-state index contributed by atoms with van der Waals surface area (Å²) in [7, 11) is 0. The molecule has 0 saturated heterocycles. The van der Waals surface area contributed by atoms with Gasteiger partial charge in [0.05, 0.1) is 24.5 Å². The molecule has 0 unspecified atom stereocenters. The fraction of sp³-hybridized carbons (Fsp3) is 0.196. The Labute approximate surface area is 335 Å². The quantitative estimate of drug-likeness (QED) is 0.0655. The molecule has 0 saturated carbocycles. The maximum absolute atomic E-state index is 11.5. The minimum atomic E-state index is -0.933. The lowest BCUT2D eigenvalue weighted by molar-refractivity contribution is 0.0641. The Morgan fingerprint density at radius 3 is 1.60 bits per heavy atom. The highest BCUT2D eigenvalue weighted by atomic mass is 127. The lowest BCUT2D eigenvalue weighted by atomic mass is 10.0. The minimum absolute atomic E-state index is 0.255. The topological polar surface area (TPSA) is 108 Å². The molecular formula is C46H43IN2O6. The van der Waals surface area contributed by atoms with Gasteiger partial charge in [-0.1, -0.05) is 137 Å². The van der Waals surface area contributed by atoms with E-state index in [4.69, 9.17) is 23.3 Å². The molecule has 0 aliphatic rings. The van der Waals surface area contributed by atoms with Gasteiger partial charge in [-0.25, -0.2) is 14.8 Å². The summed E-state index contributed by atoms with van der Waals surface area (Å²) < 4.78 is 24.6. The number of aromatic carboxylic acids is 1. The van der Waals surface area contributed by atoms with E-state index in [1.165, 1.54) is 11.1 Å². The zero-order chi connectivity index (χ0) is 38.6. The molecule has 2 heterocycles. The number of carboxylic acid groups (broad SMARTS) is 1. The van der Waals surface area contributed by atoms with E-state index in [-0.39, 0.29) is 6.61 Å². The number of aromatic nitrogens is 2. The summed E-state index contributed by atoms with van der Waals surface area (Å²) in [5.41, 5.74) is 9.84. The van der Waals surface area contributed by atoms with Gasteiger partial charge in [0.1, 0.15) is 5.69 Å². The Morgan fingerprint density at radius 2 is 1.09 bits per heavy atom. The first-order valence-corrected chi connectivity index (χ1v) is 19.6. The van der Waals surface area contributed by atoms with Crippen LogP contribution < -0.4 is 0 Å². The lowest BCUT2D eigenvalue weighted by Gasteiger charge is -2.10. The van der Waals surface area contributed by atoms with Gasteiger partial charge in [0.15, 0.2) is 11.5 Å². The van der Waals surface area contributed by atoms with E-state index >= 15 is 0 Å². The van der Waals surface area contributed by atoms with Crippen LogP contribution in [0, 0.1) is 20.8 Å². The Bertz CT molecular complexity index is 2280. The predicted molar refractivity (Wildman–Crippen MR) is 224 cm³/mol. The number of hydrogen-bond acceptors (Lipinski definition) is 7. The second-order valence-electron chi connectivity index (χ2n) is 13.1. The molecule has 0 radical (unpaired) electrons. The van der Waals surface area contributed by atoms with Crippen molar-refractivity contribution in [1.82, 2.24) is 9.97 Å². The van der Waals surface area contributed by atoms with Crippen LogP contribution in [0.4, 0.5) is 0 Å². The van der Waals surface area contributed by atoms with E-state index in [0.717, 1.165) is 49.4 Å². The van der Waals surface area contributed by atoms with E-state index < -0.39 is 5.97 Å². The molecule has 0 atom stereocenters. The molecule has 0 amide bonds. The third-order valence-electron chi connectivity index (χ3n) is 8.84. The molecule has 0 aliphatic heterocycles. The van der Waals surface area contributed by atoms with Crippen molar-refractivity contribution in [3.63, 3.8) is 0 Å². The number of aryl methyl sites for hydroxylation is 3. The molecule has 2 aromatic heterocycles. The number of alkyl halides is 1. The van der Waals surface area contributed by atoms with E-state index in [9.17, 15) is 9.90 Å². The molecule has 0 aliphatic carbocycles. The summed E-state index contributed by atoms with van der Waals surface area (Å²) in [5.74, 6) is 1.90. The van der Waals surface area contributed by atoms with Crippen molar-refractivity contribution in [3.05, 3.63) is 167 Å². The molecule has 8 nitrogen and oxygen atoms in total. The normalized spacial score (nSPS) is 10.9. The van der Waals surface area contributed by atoms with Crippen LogP contribution in [0.5, 0.6) is 0 Å². The fourth-order valence-corrected chi connectivity index (χ4v) is 6.45. The Balaban J connectivity index is 0.000000217. The van der Waals surface area contributed by atoms with Crippen LogP contribution in [-0.4, -0.2) is 34.3 Å². The van der Waals surface area contributed by atoms with E-state index in [1.807, 2.05) is 97.9 Å². The Morgan fingerprint density at radius 1 is 0.600 bits per heavy atom. The number of benzene rings is 5. The standard InChI is InChI=1S/C29H29NO5.C17H14INO/c1-20-12-14-23(15-13-20)28-30-25(27(35-28)22-9-4-3-5-10-22)19-34-17-7-16-33-18-24-11-6-8-21(2)26(24)29(31)32;1-12-7-9-14(10-8-12)17-19-15(11-18)16(20-17)13-5-3-2-4-6-13/h3-6,8-15H,7,16-19H2,1-2H3,(H,31,32);2-10H,11H2,1H3. The maximum Gasteiger partial charge on any atom is 0.336 e. The first kappa shape index (κ1) is 39.3. The molecule has 0 spiro atoms. The number of carbonyl (C=O) groups is 1. The van der Waals surface area contributed by atoms with Crippen LogP contribution in [-0.2, 0) is 27.1 Å². The smallest absolute Gasteiger partial charge is 0.336 e. The number of nitrogens with zero attached hydrogens (tertiary/aromatic N) is 2. The third kappa shape index (κ3) is 10.4. The number of carboxylic acids is 1. The van der Waals surface area contributed by atoms with Gasteiger partial charge >= 0.3 is 5.97 Å². The molecular weight excluding hydrogens is 803 g/mol. The van der Waals surface area contributed by atoms with Crippen molar-refractivity contribution < 1.29 is 28.2 Å². The molecule has 7 rings (SSSR count). The van der Waals surface area contributed by atoms with Crippen LogP contribution in [0.1, 0.15) is 50.4 Å². The zero-order valence-corrected chi connectivity index (χ0v) is 33.3. The Hall–Kier alpha value is -5.36. The third-order valence-corrected chi connectivity index (χ3v) is 9.56. The highest BCUT2D eigenvalue weighted by molar-refractivity contribution is 14.1. The van der Waals surface area contributed by atoms with Crippen molar-refractivity contribution >= 4 is 28.6 Å². The number of rotatable bonds is 14. The first-order valence-electron chi connectivity index (χ1n) is 18.1. The number of oxazole rings is 2. The van der Waals surface area contributed by atoms with Gasteiger partial charge in [0.25, 0.3) is 0 Å². The fourth-order valence-electron chi connectivity index (χ4n) is 5.93. The highest BCUT2D eigenvalue weighted by Crippen LogP contribution is 2.32. The summed E-state index contributed by atoms with van der Waals surface area (Å²) in [6.07, 6.45) is 0.678. The van der Waals surface area contributed by atoms with Gasteiger partial charge in [0, 0.05) is 39.9 Å². The van der Waals surface area contributed by atoms with Crippen molar-refractivity contribution in [2.75, 3.05) is 13.2 Å². The maximum atomic E-state index is 11.5. The first-order chi connectivity index (χ1) is 26.8. The van der Waals surface area contributed by atoms with Crippen molar-refractivity contribution in [1.29, 1.82) is 0 Å². The monoisotopic (exact) mass is 846 g/mol. The summed E-state index contributed by atoms with van der Waals surface area (Å²) in [6.45, 7) is 7.44. The molecule has 9 heteroatoms. The van der Waals surface area contributed by atoms with Gasteiger partial charge in [0.2, 0.25) is 11.8 Å². The lowest BCUT2D eigenvalue weighted by Crippen LogP contribution is -2.08. The summed E-state index contributed by atoms with van der Waals surface area (Å²) in [6, 6.07) is 41.8. The average Bonchev–Trinajstić information content (AvgIpc) is 3.84. The van der Waals surface area contributed by atoms with Crippen molar-refractivity contribution in [2.24, 2.45) is 0 Å². The summed E-state index contributed by atoms with van der Waals surface area (Å²) in [4.78, 5) is 20.8. The van der Waals surface area contributed by atoms with Crippen LogP contribution in [0.2, 0.25) is 0 Å². The van der Waals surface area contributed by atoms with Crippen molar-refractivity contribution in [3.8, 4) is 45.6 Å². The van der Waals surface area contributed by atoms with E-state index in [2.05, 4.69) is 58.8 Å². The predicted octanol–water partition coefficient (Wildman–Crippen LogP) is 11.7. The molecule has 0 bridgehead atoms. The van der Waals surface area contributed by atoms with Crippen LogP contribution >= 0.6 is 22.6 Å². The van der Waals surface area contributed by atoms with Gasteiger partial charge in [-0.3, -0.25) is 0 Å².